The number of carbonyl (C=O) groups is 1. The quantitative estimate of drug-likeness (QED) is 0.770. The second-order valence-electron chi connectivity index (χ2n) is 4.57. The lowest BCUT2D eigenvalue weighted by atomic mass is 9.88. The molecule has 1 aliphatic heterocycles. The van der Waals surface area contributed by atoms with Crippen LogP contribution >= 0.6 is 12.4 Å². The van der Waals surface area contributed by atoms with Crippen molar-refractivity contribution in [3.8, 4) is 0 Å². The molecule has 0 radical (unpaired) electrons. The Hall–Kier alpha value is -0.280. The van der Waals surface area contributed by atoms with Crippen molar-refractivity contribution in [2.45, 2.75) is 44.7 Å². The normalized spacial score (nSPS) is 38.0. The fraction of sp³-hybridized carbons (Fsp3) is 0.900. The molecule has 2 fully saturated rings. The van der Waals surface area contributed by atoms with Crippen molar-refractivity contribution in [2.24, 2.45) is 5.92 Å². The highest BCUT2D eigenvalue weighted by Crippen LogP contribution is 2.42. The van der Waals surface area contributed by atoms with Crippen LogP contribution in [0, 0.1) is 5.92 Å². The molecule has 1 saturated heterocycles. The van der Waals surface area contributed by atoms with Gasteiger partial charge in [0.2, 0.25) is 0 Å². The molecule has 1 heterocycles. The summed E-state index contributed by atoms with van der Waals surface area (Å²) in [7, 11) is 0. The summed E-state index contributed by atoms with van der Waals surface area (Å²) in [6.07, 6.45) is 3.41. The van der Waals surface area contributed by atoms with E-state index in [1.807, 2.05) is 6.92 Å². The van der Waals surface area contributed by atoms with Crippen LogP contribution in [0.1, 0.15) is 33.1 Å². The number of nitrogens with zero attached hydrogens (tertiary/aromatic N) is 1. The van der Waals surface area contributed by atoms with E-state index in [4.69, 9.17) is 0 Å². The van der Waals surface area contributed by atoms with E-state index >= 15 is 0 Å². The highest BCUT2D eigenvalue weighted by molar-refractivity contribution is 5.85. The zero-order chi connectivity index (χ0) is 9.64. The summed E-state index contributed by atoms with van der Waals surface area (Å²) in [6.45, 7) is 4.90. The molecule has 0 aromatic heterocycles. The summed E-state index contributed by atoms with van der Waals surface area (Å²) in [5.74, 6) is -0.366. The van der Waals surface area contributed by atoms with Crippen LogP contribution in [0.3, 0.4) is 0 Å². The Morgan fingerprint density at radius 3 is 2.43 bits per heavy atom. The predicted octanol–water partition coefficient (Wildman–Crippen LogP) is 1.76. The Morgan fingerprint density at radius 2 is 2.00 bits per heavy atom. The van der Waals surface area contributed by atoms with Gasteiger partial charge in [-0.15, -0.1) is 12.4 Å². The minimum absolute atomic E-state index is 0. The molecule has 4 heteroatoms. The number of likely N-dealkylation sites (tertiary alicyclic amines) is 1. The van der Waals surface area contributed by atoms with Gasteiger partial charge in [-0.2, -0.15) is 0 Å². The maximum atomic E-state index is 11.2. The van der Waals surface area contributed by atoms with Crippen LogP contribution < -0.4 is 0 Å². The Kier molecular flexibility index (Phi) is 3.12. The molecule has 14 heavy (non-hydrogen) atoms. The van der Waals surface area contributed by atoms with E-state index in [2.05, 4.69) is 11.8 Å². The first-order valence-electron chi connectivity index (χ1n) is 5.07. The number of carboxylic acids is 1. The molecule has 2 aliphatic rings. The number of hydrogen-bond donors (Lipinski definition) is 1. The second-order valence-corrected chi connectivity index (χ2v) is 4.57. The van der Waals surface area contributed by atoms with Gasteiger partial charge in [-0.3, -0.25) is 9.69 Å². The van der Waals surface area contributed by atoms with Gasteiger partial charge in [-0.25, -0.2) is 0 Å². The summed E-state index contributed by atoms with van der Waals surface area (Å²) in [4.78, 5) is 13.4. The van der Waals surface area contributed by atoms with Gasteiger partial charge >= 0.3 is 5.97 Å². The first-order chi connectivity index (χ1) is 6.06. The van der Waals surface area contributed by atoms with Gasteiger partial charge in [0.05, 0.1) is 0 Å². The Morgan fingerprint density at radius 1 is 1.43 bits per heavy atom. The van der Waals surface area contributed by atoms with E-state index in [1.165, 1.54) is 12.8 Å². The summed E-state index contributed by atoms with van der Waals surface area (Å²) in [6, 6.07) is 0.561. The van der Waals surface area contributed by atoms with Gasteiger partial charge in [-0.1, -0.05) is 6.92 Å². The van der Waals surface area contributed by atoms with Crippen LogP contribution in [0.15, 0.2) is 0 Å². The van der Waals surface area contributed by atoms with Crippen LogP contribution in [0.5, 0.6) is 0 Å². The first-order valence-corrected chi connectivity index (χ1v) is 5.07. The van der Waals surface area contributed by atoms with Crippen molar-refractivity contribution < 1.29 is 9.90 Å². The monoisotopic (exact) mass is 219 g/mol. The van der Waals surface area contributed by atoms with E-state index in [9.17, 15) is 9.90 Å². The number of carboxylic acid groups (broad SMARTS) is 1. The van der Waals surface area contributed by atoms with Crippen molar-refractivity contribution in [2.75, 3.05) is 6.54 Å². The molecule has 1 aliphatic carbocycles. The summed E-state index contributed by atoms with van der Waals surface area (Å²) < 4.78 is 0. The molecule has 0 aromatic carbocycles. The average Bonchev–Trinajstić information content (AvgIpc) is 2.83. The number of hydrogen-bond acceptors (Lipinski definition) is 2. The lowest BCUT2D eigenvalue weighted by molar-refractivity contribution is -0.151. The molecule has 1 saturated carbocycles. The van der Waals surface area contributed by atoms with Crippen molar-refractivity contribution in [3.05, 3.63) is 0 Å². The average molecular weight is 220 g/mol. The van der Waals surface area contributed by atoms with E-state index < -0.39 is 11.5 Å². The summed E-state index contributed by atoms with van der Waals surface area (Å²) in [5.41, 5.74) is -0.596. The molecule has 1 unspecified atom stereocenters. The number of halogens is 1. The lowest BCUT2D eigenvalue weighted by Crippen LogP contribution is -2.52. The molecule has 0 spiro atoms. The van der Waals surface area contributed by atoms with Gasteiger partial charge in [0.15, 0.2) is 0 Å². The fourth-order valence-corrected chi connectivity index (χ4v) is 2.41. The lowest BCUT2D eigenvalue weighted by Gasteiger charge is -2.34. The predicted molar refractivity (Wildman–Crippen MR) is 56.8 cm³/mol. The molecular weight excluding hydrogens is 202 g/mol. The molecule has 3 nitrogen and oxygen atoms in total. The van der Waals surface area contributed by atoms with Crippen LogP contribution in [-0.2, 0) is 4.79 Å². The number of rotatable bonds is 2. The molecule has 82 valence electrons. The smallest absolute Gasteiger partial charge is 0.324 e. The van der Waals surface area contributed by atoms with Crippen LogP contribution in [0.4, 0.5) is 0 Å². The minimum atomic E-state index is -0.649. The zero-order valence-electron chi connectivity index (χ0n) is 8.69. The molecule has 0 aromatic rings. The highest BCUT2D eigenvalue weighted by atomic mass is 35.5. The van der Waals surface area contributed by atoms with Gasteiger partial charge in [0, 0.05) is 6.04 Å². The third kappa shape index (κ3) is 1.52. The van der Waals surface area contributed by atoms with Crippen LogP contribution in [0.2, 0.25) is 0 Å². The third-order valence-corrected chi connectivity index (χ3v) is 3.78. The largest absolute Gasteiger partial charge is 0.480 e. The maximum Gasteiger partial charge on any atom is 0.324 e. The molecule has 0 bridgehead atoms. The van der Waals surface area contributed by atoms with E-state index in [1.54, 1.807) is 0 Å². The summed E-state index contributed by atoms with van der Waals surface area (Å²) >= 11 is 0. The van der Waals surface area contributed by atoms with Gasteiger partial charge < -0.3 is 5.11 Å². The third-order valence-electron chi connectivity index (χ3n) is 3.78. The second kappa shape index (κ2) is 3.70. The number of aliphatic carboxylic acids is 1. The Balaban J connectivity index is 0.000000980. The zero-order valence-corrected chi connectivity index (χ0v) is 9.51. The maximum absolute atomic E-state index is 11.2. The highest BCUT2D eigenvalue weighted by Gasteiger charge is 2.53. The van der Waals surface area contributed by atoms with Crippen molar-refractivity contribution >= 4 is 18.4 Å². The Bertz CT molecular complexity index is 242. The van der Waals surface area contributed by atoms with Gasteiger partial charge in [0.25, 0.3) is 0 Å². The van der Waals surface area contributed by atoms with Crippen LogP contribution in [-0.4, -0.2) is 34.1 Å². The molecule has 1 N–H and O–H groups in total. The van der Waals surface area contributed by atoms with Crippen molar-refractivity contribution in [1.29, 1.82) is 0 Å². The molecule has 2 rings (SSSR count). The molecular formula is C10H18ClNO2. The minimum Gasteiger partial charge on any atom is -0.480 e. The van der Waals surface area contributed by atoms with Crippen molar-refractivity contribution in [3.63, 3.8) is 0 Å². The Labute approximate surface area is 90.9 Å². The van der Waals surface area contributed by atoms with Gasteiger partial charge in [-0.05, 0) is 38.6 Å². The standard InChI is InChI=1S/C10H17NO2.ClH/c1-7-5-6-11(8-3-4-8)10(7,2)9(12)13;/h7-8H,3-6H2,1-2H3,(H,12,13);1H/t7?,10-;/m0./s1. The molecule has 0 amide bonds. The fourth-order valence-electron chi connectivity index (χ4n) is 2.41. The van der Waals surface area contributed by atoms with E-state index in [-0.39, 0.29) is 18.3 Å². The van der Waals surface area contributed by atoms with Crippen molar-refractivity contribution in [1.82, 2.24) is 4.90 Å². The first kappa shape index (κ1) is 11.8. The topological polar surface area (TPSA) is 40.5 Å². The van der Waals surface area contributed by atoms with E-state index in [0.717, 1.165) is 13.0 Å². The van der Waals surface area contributed by atoms with Gasteiger partial charge in [0.1, 0.15) is 5.54 Å². The summed E-state index contributed by atoms with van der Waals surface area (Å²) in [5, 5.41) is 9.25. The van der Waals surface area contributed by atoms with Crippen LogP contribution in [0.25, 0.3) is 0 Å². The van der Waals surface area contributed by atoms with E-state index in [0.29, 0.717) is 6.04 Å². The SMILES string of the molecule is CC1CCN(C2CC2)[C@]1(C)C(=O)O.Cl. The molecule has 2 atom stereocenters.